The number of halogens is 1. The molecule has 4 rings (SSSR count). The molecule has 1 atom stereocenters. The average Bonchev–Trinajstić information content (AvgIpc) is 3.05. The first-order valence-electron chi connectivity index (χ1n) is 9.54. The summed E-state index contributed by atoms with van der Waals surface area (Å²) in [6.07, 6.45) is 3.34. The molecule has 0 spiro atoms. The second kappa shape index (κ2) is 7.96. The molecule has 2 amide bonds. The van der Waals surface area contributed by atoms with Crippen molar-refractivity contribution in [3.63, 3.8) is 0 Å². The van der Waals surface area contributed by atoms with Crippen LogP contribution in [0.4, 0.5) is 5.95 Å². The van der Waals surface area contributed by atoms with Crippen molar-refractivity contribution in [2.75, 3.05) is 18.5 Å². The number of carbonyl (C=O) groups is 2. The van der Waals surface area contributed by atoms with E-state index in [0.717, 1.165) is 18.4 Å². The van der Waals surface area contributed by atoms with Crippen LogP contribution in [0.3, 0.4) is 0 Å². The van der Waals surface area contributed by atoms with Gasteiger partial charge in [0.15, 0.2) is 0 Å². The van der Waals surface area contributed by atoms with Gasteiger partial charge in [0.25, 0.3) is 5.91 Å². The van der Waals surface area contributed by atoms with Crippen molar-refractivity contribution in [1.29, 1.82) is 0 Å². The summed E-state index contributed by atoms with van der Waals surface area (Å²) in [5.41, 5.74) is 8.01. The Morgan fingerprint density at radius 3 is 2.86 bits per heavy atom. The minimum Gasteiger partial charge on any atom is -0.381 e. The summed E-state index contributed by atoms with van der Waals surface area (Å²) < 4.78 is 5.38. The molecule has 9 heteroatoms. The lowest BCUT2D eigenvalue weighted by Crippen LogP contribution is -2.42. The monoisotopic (exact) mass is 415 g/mol. The quantitative estimate of drug-likeness (QED) is 0.774. The van der Waals surface area contributed by atoms with Gasteiger partial charge < -0.3 is 20.7 Å². The first-order chi connectivity index (χ1) is 13.9. The van der Waals surface area contributed by atoms with Gasteiger partial charge in [-0.25, -0.2) is 9.97 Å². The smallest absolute Gasteiger partial charge is 0.255 e. The molecule has 0 radical (unpaired) electrons. The van der Waals surface area contributed by atoms with Crippen molar-refractivity contribution in [1.82, 2.24) is 14.9 Å². The van der Waals surface area contributed by atoms with Crippen LogP contribution in [-0.4, -0.2) is 52.0 Å². The van der Waals surface area contributed by atoms with Gasteiger partial charge in [-0.2, -0.15) is 0 Å². The highest BCUT2D eigenvalue weighted by Gasteiger charge is 2.33. The number of nitrogens with zero attached hydrogens (tertiary/aromatic N) is 3. The van der Waals surface area contributed by atoms with E-state index in [1.807, 2.05) is 12.1 Å². The van der Waals surface area contributed by atoms with E-state index >= 15 is 0 Å². The Morgan fingerprint density at radius 1 is 1.38 bits per heavy atom. The van der Waals surface area contributed by atoms with E-state index in [1.54, 1.807) is 19.2 Å². The Hall–Kier alpha value is -2.71. The van der Waals surface area contributed by atoms with E-state index in [9.17, 15) is 9.59 Å². The third-order valence-electron chi connectivity index (χ3n) is 5.39. The molecule has 3 N–H and O–H groups in total. The molecule has 2 aliphatic heterocycles. The topological polar surface area (TPSA) is 110 Å². The fraction of sp³-hybridized carbons (Fsp3) is 0.400. The van der Waals surface area contributed by atoms with Gasteiger partial charge in [-0.1, -0.05) is 23.7 Å². The number of rotatable bonds is 5. The number of primary amides is 1. The molecule has 1 aromatic heterocycles. The Balaban J connectivity index is 1.61. The molecular weight excluding hydrogens is 394 g/mol. The summed E-state index contributed by atoms with van der Waals surface area (Å²) in [6.45, 7) is 3.41. The van der Waals surface area contributed by atoms with E-state index in [2.05, 4.69) is 15.3 Å². The number of nitrogens with one attached hydrogen (secondary N) is 1. The van der Waals surface area contributed by atoms with Crippen LogP contribution in [0.5, 0.6) is 0 Å². The average molecular weight is 416 g/mol. The Labute approximate surface area is 173 Å². The molecule has 3 heterocycles. The number of benzene rings is 1. The highest BCUT2D eigenvalue weighted by molar-refractivity contribution is 6.33. The summed E-state index contributed by atoms with van der Waals surface area (Å²) in [4.78, 5) is 34.6. The van der Waals surface area contributed by atoms with E-state index in [0.29, 0.717) is 47.6 Å². The normalized spacial score (nSPS) is 17.9. The van der Waals surface area contributed by atoms with Crippen LogP contribution in [-0.2, 0) is 16.1 Å². The van der Waals surface area contributed by atoms with Gasteiger partial charge in [-0.15, -0.1) is 0 Å². The second-order valence-corrected chi connectivity index (χ2v) is 7.71. The molecular formula is C20H22ClN5O3. The van der Waals surface area contributed by atoms with E-state index in [1.165, 1.54) is 4.90 Å². The zero-order chi connectivity index (χ0) is 20.5. The Kier molecular flexibility index (Phi) is 5.38. The summed E-state index contributed by atoms with van der Waals surface area (Å²) in [7, 11) is 0. The highest BCUT2D eigenvalue weighted by Crippen LogP contribution is 2.32. The second-order valence-electron chi connectivity index (χ2n) is 7.30. The largest absolute Gasteiger partial charge is 0.381 e. The van der Waals surface area contributed by atoms with Crippen molar-refractivity contribution in [2.24, 2.45) is 5.73 Å². The number of aromatic nitrogens is 2. The first kappa shape index (κ1) is 19.6. The summed E-state index contributed by atoms with van der Waals surface area (Å²) in [6, 6.07) is 5.08. The summed E-state index contributed by atoms with van der Waals surface area (Å²) >= 11 is 6.35. The van der Waals surface area contributed by atoms with E-state index in [-0.39, 0.29) is 11.9 Å². The maximum Gasteiger partial charge on any atom is 0.255 e. The lowest BCUT2D eigenvalue weighted by Gasteiger charge is -2.23. The van der Waals surface area contributed by atoms with Crippen LogP contribution in [0.1, 0.15) is 35.7 Å². The van der Waals surface area contributed by atoms with E-state index in [4.69, 9.17) is 22.1 Å². The van der Waals surface area contributed by atoms with Crippen molar-refractivity contribution >= 4 is 29.4 Å². The minimum absolute atomic E-state index is 0.223. The lowest BCUT2D eigenvalue weighted by molar-refractivity contribution is -0.122. The number of nitrogens with two attached hydrogens (primary N) is 1. The number of carbonyl (C=O) groups excluding carboxylic acids is 2. The molecule has 2 aromatic rings. The van der Waals surface area contributed by atoms with Crippen LogP contribution in [0.25, 0.3) is 11.3 Å². The standard InChI is InChI=1S/C20H22ClN5O3/c1-11(18(22)27)26-10-13-3-2-12(8-15(13)19(26)28)17-16(21)9-23-20(25-17)24-14-4-6-29-7-5-14/h2-3,8-9,11,14H,4-7,10H2,1H3,(H2,22,27)(H,23,24,25)/t11-/m1/s1. The summed E-state index contributed by atoms with van der Waals surface area (Å²) in [5.74, 6) is -0.264. The first-order valence-corrected chi connectivity index (χ1v) is 9.92. The SMILES string of the molecule is C[C@H](C(N)=O)N1Cc2ccc(-c3nc(NC4CCOCC4)ncc3Cl)cc2C1=O. The molecule has 1 saturated heterocycles. The number of fused-ring (bicyclic) bond motifs is 1. The van der Waals surface area contributed by atoms with Gasteiger partial charge in [0.2, 0.25) is 11.9 Å². The van der Waals surface area contributed by atoms with Gasteiger partial charge in [-0.3, -0.25) is 9.59 Å². The lowest BCUT2D eigenvalue weighted by atomic mass is 10.0. The zero-order valence-corrected chi connectivity index (χ0v) is 16.8. The maximum absolute atomic E-state index is 12.8. The number of ether oxygens (including phenoxy) is 1. The van der Waals surface area contributed by atoms with Crippen LogP contribution in [0.15, 0.2) is 24.4 Å². The molecule has 152 valence electrons. The third-order valence-corrected chi connectivity index (χ3v) is 5.67. The Bertz CT molecular complexity index is 961. The molecule has 0 bridgehead atoms. The van der Waals surface area contributed by atoms with Crippen molar-refractivity contribution in [3.05, 3.63) is 40.5 Å². The summed E-state index contributed by atoms with van der Waals surface area (Å²) in [5, 5.41) is 3.72. The van der Waals surface area contributed by atoms with Gasteiger partial charge in [0.05, 0.1) is 16.9 Å². The van der Waals surface area contributed by atoms with E-state index < -0.39 is 11.9 Å². The van der Waals surface area contributed by atoms with Crippen LogP contribution >= 0.6 is 11.6 Å². The molecule has 0 unspecified atom stereocenters. The third kappa shape index (κ3) is 3.90. The van der Waals surface area contributed by atoms with Crippen molar-refractivity contribution in [3.8, 4) is 11.3 Å². The number of amides is 2. The van der Waals surface area contributed by atoms with Gasteiger partial charge >= 0.3 is 0 Å². The fourth-order valence-electron chi connectivity index (χ4n) is 3.60. The predicted molar refractivity (Wildman–Crippen MR) is 108 cm³/mol. The maximum atomic E-state index is 12.8. The number of hydrogen-bond donors (Lipinski definition) is 2. The highest BCUT2D eigenvalue weighted by atomic mass is 35.5. The van der Waals surface area contributed by atoms with Crippen molar-refractivity contribution < 1.29 is 14.3 Å². The van der Waals surface area contributed by atoms with Crippen molar-refractivity contribution in [2.45, 2.75) is 38.4 Å². The minimum atomic E-state index is -0.670. The molecule has 1 fully saturated rings. The van der Waals surface area contributed by atoms with Gasteiger partial charge in [-0.05, 0) is 31.4 Å². The van der Waals surface area contributed by atoms with Gasteiger partial charge in [0.1, 0.15) is 6.04 Å². The van der Waals surface area contributed by atoms with Crippen LogP contribution < -0.4 is 11.1 Å². The van der Waals surface area contributed by atoms with Gasteiger partial charge in [0, 0.05) is 36.9 Å². The molecule has 0 saturated carbocycles. The molecule has 2 aliphatic rings. The predicted octanol–water partition coefficient (Wildman–Crippen LogP) is 2.22. The molecule has 1 aromatic carbocycles. The van der Waals surface area contributed by atoms with Crippen LogP contribution in [0.2, 0.25) is 5.02 Å². The molecule has 0 aliphatic carbocycles. The number of anilines is 1. The fourth-order valence-corrected chi connectivity index (χ4v) is 3.80. The Morgan fingerprint density at radius 2 is 2.14 bits per heavy atom. The molecule has 29 heavy (non-hydrogen) atoms. The van der Waals surface area contributed by atoms with Crippen LogP contribution in [0, 0.1) is 0 Å². The molecule has 8 nitrogen and oxygen atoms in total. The number of hydrogen-bond acceptors (Lipinski definition) is 6. The zero-order valence-electron chi connectivity index (χ0n) is 16.0.